The van der Waals surface area contributed by atoms with Crippen LogP contribution in [0.4, 0.5) is 14.5 Å². The summed E-state index contributed by atoms with van der Waals surface area (Å²) < 4.78 is 25.6. The molecule has 0 spiro atoms. The first kappa shape index (κ1) is 9.49. The van der Waals surface area contributed by atoms with Gasteiger partial charge in [-0.15, -0.1) is 0 Å². The van der Waals surface area contributed by atoms with Gasteiger partial charge in [-0.1, -0.05) is 11.8 Å². The molecule has 0 atom stereocenters. The lowest BCUT2D eigenvalue weighted by atomic mass is 10.1. The molecule has 1 rings (SSSR count). The molecule has 0 aliphatic carbocycles. The van der Waals surface area contributed by atoms with Gasteiger partial charge in [0.05, 0.1) is 17.8 Å². The highest BCUT2D eigenvalue weighted by Gasteiger charge is 2.08. The van der Waals surface area contributed by atoms with E-state index in [4.69, 9.17) is 11.5 Å². The van der Waals surface area contributed by atoms with Gasteiger partial charge in [0, 0.05) is 0 Å². The third-order valence-electron chi connectivity index (χ3n) is 1.44. The van der Waals surface area contributed by atoms with Crippen LogP contribution >= 0.6 is 0 Å². The van der Waals surface area contributed by atoms with Gasteiger partial charge in [0.2, 0.25) is 0 Å². The standard InChI is InChI=1S/C9H8F2N2/c10-7-3-4-8(13)6(9(7)11)2-1-5-12/h3-4H,5,12-13H2. The highest BCUT2D eigenvalue weighted by Crippen LogP contribution is 2.17. The lowest BCUT2D eigenvalue weighted by Gasteiger charge is -1.99. The van der Waals surface area contributed by atoms with Crippen molar-refractivity contribution < 1.29 is 8.78 Å². The van der Waals surface area contributed by atoms with E-state index in [0.717, 1.165) is 6.07 Å². The van der Waals surface area contributed by atoms with Gasteiger partial charge in [-0.25, -0.2) is 8.78 Å². The zero-order valence-corrected chi connectivity index (χ0v) is 6.77. The fourth-order valence-electron chi connectivity index (χ4n) is 0.832. The molecular formula is C9H8F2N2. The van der Waals surface area contributed by atoms with Crippen LogP contribution in [0, 0.1) is 23.5 Å². The molecule has 13 heavy (non-hydrogen) atoms. The summed E-state index contributed by atoms with van der Waals surface area (Å²) in [6.07, 6.45) is 0. The van der Waals surface area contributed by atoms with Crippen LogP contribution in [0.15, 0.2) is 12.1 Å². The first-order chi connectivity index (χ1) is 6.16. The molecule has 1 aromatic rings. The molecule has 2 nitrogen and oxygen atoms in total. The summed E-state index contributed by atoms with van der Waals surface area (Å²) in [7, 11) is 0. The zero-order valence-electron chi connectivity index (χ0n) is 6.77. The average molecular weight is 182 g/mol. The summed E-state index contributed by atoms with van der Waals surface area (Å²) in [4.78, 5) is 0. The maximum atomic E-state index is 13.0. The van der Waals surface area contributed by atoms with E-state index < -0.39 is 11.6 Å². The minimum atomic E-state index is -1.03. The van der Waals surface area contributed by atoms with Crippen LogP contribution in [-0.4, -0.2) is 6.54 Å². The number of nitrogen functional groups attached to an aromatic ring is 1. The smallest absolute Gasteiger partial charge is 0.176 e. The molecule has 4 heteroatoms. The monoisotopic (exact) mass is 182 g/mol. The molecule has 0 fully saturated rings. The molecule has 1 aromatic carbocycles. The second kappa shape index (κ2) is 3.87. The summed E-state index contributed by atoms with van der Waals surface area (Å²) in [5.41, 5.74) is 10.4. The Balaban J connectivity index is 3.25. The largest absolute Gasteiger partial charge is 0.398 e. The number of nitrogens with two attached hydrogens (primary N) is 2. The number of halogens is 2. The van der Waals surface area contributed by atoms with Crippen molar-refractivity contribution >= 4 is 5.69 Å². The molecule has 0 aliphatic rings. The van der Waals surface area contributed by atoms with E-state index in [9.17, 15) is 8.78 Å². The number of rotatable bonds is 0. The Morgan fingerprint density at radius 2 is 2.00 bits per heavy atom. The summed E-state index contributed by atoms with van der Waals surface area (Å²) in [6.45, 7) is 0.0788. The van der Waals surface area contributed by atoms with Crippen LogP contribution in [0.2, 0.25) is 0 Å². The first-order valence-electron chi connectivity index (χ1n) is 3.59. The van der Waals surface area contributed by atoms with Gasteiger partial charge < -0.3 is 11.5 Å². The first-order valence-corrected chi connectivity index (χ1v) is 3.59. The zero-order chi connectivity index (χ0) is 9.84. The molecule has 68 valence electrons. The van der Waals surface area contributed by atoms with Gasteiger partial charge in [0.15, 0.2) is 11.6 Å². The van der Waals surface area contributed by atoms with E-state index in [0.29, 0.717) is 0 Å². The topological polar surface area (TPSA) is 52.0 Å². The lowest BCUT2D eigenvalue weighted by molar-refractivity contribution is 0.507. The molecule has 0 amide bonds. The number of hydrogen-bond donors (Lipinski definition) is 2. The van der Waals surface area contributed by atoms with E-state index in [1.54, 1.807) is 0 Å². The second-order valence-corrected chi connectivity index (χ2v) is 2.33. The van der Waals surface area contributed by atoms with Crippen molar-refractivity contribution in [3.63, 3.8) is 0 Å². The van der Waals surface area contributed by atoms with Gasteiger partial charge in [0.25, 0.3) is 0 Å². The Morgan fingerprint density at radius 1 is 1.31 bits per heavy atom. The van der Waals surface area contributed by atoms with Gasteiger partial charge in [-0.05, 0) is 12.1 Å². The van der Waals surface area contributed by atoms with Crippen molar-refractivity contribution in [2.75, 3.05) is 12.3 Å². The Kier molecular flexibility index (Phi) is 2.83. The fraction of sp³-hybridized carbons (Fsp3) is 0.111. The second-order valence-electron chi connectivity index (χ2n) is 2.33. The van der Waals surface area contributed by atoms with Crippen molar-refractivity contribution in [2.24, 2.45) is 5.73 Å². The number of hydrogen-bond acceptors (Lipinski definition) is 2. The summed E-state index contributed by atoms with van der Waals surface area (Å²) in [5.74, 6) is 2.78. The van der Waals surface area contributed by atoms with Crippen molar-refractivity contribution in [2.45, 2.75) is 0 Å². The van der Waals surface area contributed by atoms with Crippen molar-refractivity contribution in [3.05, 3.63) is 29.3 Å². The van der Waals surface area contributed by atoms with Gasteiger partial charge in [0.1, 0.15) is 0 Å². The van der Waals surface area contributed by atoms with Gasteiger partial charge in [-0.2, -0.15) is 0 Å². The maximum Gasteiger partial charge on any atom is 0.176 e. The predicted octanol–water partition coefficient (Wildman–Crippen LogP) is 0.857. The number of benzene rings is 1. The van der Waals surface area contributed by atoms with Crippen LogP contribution in [0.3, 0.4) is 0 Å². The SMILES string of the molecule is NCC#Cc1c(N)ccc(F)c1F. The molecule has 0 aromatic heterocycles. The van der Waals surface area contributed by atoms with E-state index >= 15 is 0 Å². The third kappa shape index (κ3) is 1.95. The van der Waals surface area contributed by atoms with Crippen molar-refractivity contribution in [3.8, 4) is 11.8 Å². The molecule has 0 unspecified atom stereocenters. The Hall–Kier alpha value is -1.60. The molecular weight excluding hydrogens is 174 g/mol. The van der Waals surface area contributed by atoms with Crippen LogP contribution < -0.4 is 11.5 Å². The number of anilines is 1. The third-order valence-corrected chi connectivity index (χ3v) is 1.44. The summed E-state index contributed by atoms with van der Waals surface area (Å²) >= 11 is 0. The summed E-state index contributed by atoms with van der Waals surface area (Å²) in [6, 6.07) is 2.22. The molecule has 0 bridgehead atoms. The average Bonchev–Trinajstić information content (AvgIpc) is 2.12. The molecule has 0 heterocycles. The van der Waals surface area contributed by atoms with Gasteiger partial charge >= 0.3 is 0 Å². The van der Waals surface area contributed by atoms with E-state index in [1.807, 2.05) is 0 Å². The van der Waals surface area contributed by atoms with Crippen LogP contribution in [0.5, 0.6) is 0 Å². The quantitative estimate of drug-likeness (QED) is 0.461. The van der Waals surface area contributed by atoms with E-state index in [1.165, 1.54) is 6.07 Å². The highest BCUT2D eigenvalue weighted by atomic mass is 19.2. The van der Waals surface area contributed by atoms with Crippen LogP contribution in [0.25, 0.3) is 0 Å². The van der Waals surface area contributed by atoms with Crippen molar-refractivity contribution in [1.82, 2.24) is 0 Å². The van der Waals surface area contributed by atoms with Crippen molar-refractivity contribution in [1.29, 1.82) is 0 Å². The Bertz CT molecular complexity index is 377. The maximum absolute atomic E-state index is 13.0. The van der Waals surface area contributed by atoms with E-state index in [2.05, 4.69) is 11.8 Å². The minimum absolute atomic E-state index is 0.0788. The molecule has 0 saturated carbocycles. The predicted molar refractivity (Wildman–Crippen MR) is 46.7 cm³/mol. The molecule has 0 saturated heterocycles. The lowest BCUT2D eigenvalue weighted by Crippen LogP contribution is -1.98. The Labute approximate surface area is 74.5 Å². The normalized spacial score (nSPS) is 9.15. The van der Waals surface area contributed by atoms with E-state index in [-0.39, 0.29) is 17.8 Å². The fourth-order valence-corrected chi connectivity index (χ4v) is 0.832. The molecule has 0 radical (unpaired) electrons. The molecule has 0 aliphatic heterocycles. The summed E-state index contributed by atoms with van der Waals surface area (Å²) in [5, 5.41) is 0. The Morgan fingerprint density at radius 3 is 2.62 bits per heavy atom. The van der Waals surface area contributed by atoms with Crippen LogP contribution in [-0.2, 0) is 0 Å². The minimum Gasteiger partial charge on any atom is -0.398 e. The molecule has 4 N–H and O–H groups in total. The van der Waals surface area contributed by atoms with Gasteiger partial charge in [-0.3, -0.25) is 0 Å². The highest BCUT2D eigenvalue weighted by molar-refractivity contribution is 5.56. The van der Waals surface area contributed by atoms with Crippen LogP contribution in [0.1, 0.15) is 5.56 Å².